The summed E-state index contributed by atoms with van der Waals surface area (Å²) in [5.74, 6) is -6.28. The first-order valence-electron chi connectivity index (χ1n) is 51.0. The number of benzene rings is 3. The molecular formula is C106H160N6O31. The molecule has 0 aliphatic carbocycles. The lowest BCUT2D eigenvalue weighted by molar-refractivity contribution is -0.262. The highest BCUT2D eigenvalue weighted by Gasteiger charge is 2.51. The molecule has 7 unspecified atom stereocenters. The number of nitrogens with one attached hydrogen (secondary N) is 4. The molecule has 3 aliphatic heterocycles. The number of rotatable bonds is 69. The fraction of sp³-hybridized carbons (Fsp3) is 0.689. The summed E-state index contributed by atoms with van der Waals surface area (Å²) in [6.07, 6.45) is 7.28. The van der Waals surface area contributed by atoms with Gasteiger partial charge in [-0.15, -0.1) is 0 Å². The molecule has 4 N–H and O–H groups in total. The topological polar surface area (TPSA) is 458 Å². The lowest BCUT2D eigenvalue weighted by Crippen LogP contribution is -2.62. The zero-order valence-corrected chi connectivity index (χ0v) is 86.8. The molecule has 37 heteroatoms. The Kier molecular flexibility index (Phi) is 56.3. The van der Waals surface area contributed by atoms with Crippen molar-refractivity contribution in [3.63, 3.8) is 0 Å². The van der Waals surface area contributed by atoms with Gasteiger partial charge in [0.2, 0.25) is 35.6 Å². The second-order valence-corrected chi connectivity index (χ2v) is 37.3. The molecule has 3 saturated heterocycles. The molecular weight excluding hydrogens is 1850 g/mol. The molecule has 800 valence electrons. The lowest BCUT2D eigenvalue weighted by atomic mass is 9.80. The zero-order chi connectivity index (χ0) is 105. The van der Waals surface area contributed by atoms with E-state index < -0.39 is 157 Å². The van der Waals surface area contributed by atoms with Crippen LogP contribution in [0.25, 0.3) is 0 Å². The van der Waals surface area contributed by atoms with Crippen LogP contribution < -0.4 is 30.7 Å². The summed E-state index contributed by atoms with van der Waals surface area (Å²) in [4.78, 5) is 196. The van der Waals surface area contributed by atoms with E-state index >= 15 is 4.79 Å². The molecule has 0 spiro atoms. The second kappa shape index (κ2) is 66.5. The molecule has 6 rings (SSSR count). The Morgan fingerprint density at radius 1 is 0.371 bits per heavy atom. The van der Waals surface area contributed by atoms with Crippen LogP contribution >= 0.6 is 0 Å². The normalized spacial score (nSPS) is 21.1. The van der Waals surface area contributed by atoms with Crippen molar-refractivity contribution in [2.24, 2.45) is 17.8 Å². The van der Waals surface area contributed by atoms with Crippen LogP contribution in [0.3, 0.4) is 0 Å². The van der Waals surface area contributed by atoms with Crippen LogP contribution in [0, 0.1) is 17.8 Å². The molecule has 0 bridgehead atoms. The number of Topliss-reactive ketones (excluding diaryl/α,β-unsaturated/α-hetero) is 2. The second-order valence-electron chi connectivity index (χ2n) is 37.3. The van der Waals surface area contributed by atoms with Crippen LogP contribution in [0.1, 0.15) is 293 Å². The maximum absolute atomic E-state index is 15.8. The molecule has 3 aromatic carbocycles. The molecule has 3 aliphatic rings. The van der Waals surface area contributed by atoms with Gasteiger partial charge in [0.15, 0.2) is 18.9 Å². The monoisotopic (exact) mass is 2010 g/mol. The number of amides is 6. The molecule has 0 aromatic heterocycles. The van der Waals surface area contributed by atoms with E-state index in [1.807, 2.05) is 66.4 Å². The third-order valence-electron chi connectivity index (χ3n) is 25.5. The van der Waals surface area contributed by atoms with E-state index in [1.165, 1.54) is 69.2 Å². The van der Waals surface area contributed by atoms with E-state index in [9.17, 15) is 67.1 Å². The predicted octanol–water partition coefficient (Wildman–Crippen LogP) is 12.3. The van der Waals surface area contributed by atoms with E-state index in [0.717, 1.165) is 77.0 Å². The third-order valence-corrected chi connectivity index (χ3v) is 25.5. The number of carbonyl (C=O) groups is 15. The number of hydrogen-bond donors (Lipinski definition) is 4. The van der Waals surface area contributed by atoms with Crippen molar-refractivity contribution in [1.29, 1.82) is 0 Å². The molecule has 3 aromatic rings. The smallest absolute Gasteiger partial charge is 0.307 e. The molecule has 143 heavy (non-hydrogen) atoms. The number of esters is 7. The quantitative estimate of drug-likeness (QED) is 0.0176. The van der Waals surface area contributed by atoms with E-state index in [0.29, 0.717) is 125 Å². The molecule has 0 radical (unpaired) electrons. The minimum absolute atomic E-state index is 0.0658. The lowest BCUT2D eigenvalue weighted by Gasteiger charge is -2.44. The molecule has 37 nitrogen and oxygen atoms in total. The van der Waals surface area contributed by atoms with E-state index in [-0.39, 0.29) is 126 Å². The Labute approximate surface area is 843 Å². The van der Waals surface area contributed by atoms with Gasteiger partial charge in [0.25, 0.3) is 5.91 Å². The third kappa shape index (κ3) is 44.5. The van der Waals surface area contributed by atoms with Crippen molar-refractivity contribution >= 4 is 88.8 Å². The van der Waals surface area contributed by atoms with E-state index in [1.54, 1.807) is 57.2 Å². The highest BCUT2D eigenvalue weighted by Crippen LogP contribution is 2.43. The standard InChI is InChI=1S/C106H160N6O31/c1-70(113)48-57-95(126)140-92(69-136-106(83-42-29-28-30-43-83,84-49-53-87(128-14)54-50-84)85-51-55-88(129-15)56-52-85)102(127)112(62-41-58-107-93(124)46-32-23-17-20-26-39-64-131-104-97(109-75(6)115)72(3)100(138-81(12)121)90(142-104)67-134-78(9)118)61-37-36-60-111(94(125)47-33-24-18-21-27-40-65-132-105-98(110-76(7)116)73(4)101(139-82(13)122)91(143-105)68-135-79(10)119)59-35-34-45-86(123)44-31-22-16-19-25-38-63-130-103-96(108-74(5)114)71(2)99(137-80(11)120)89(141-103)66-133-77(8)117/h28-30,42-43,49-56,71-73,89-92,96-101,103-105H,16-27,31-41,44-48,57-69H2,1-15H3,(H,107,124)(H,108,114)(H,109,115)(H,110,116)/t71-,72-,73-,89?,90?,91?,92?,96?,97?,98?,99-,100-,101-,103-,104-,105-/m1/s1. The number of ketones is 2. The molecule has 6 amide bonds. The van der Waals surface area contributed by atoms with E-state index in [4.69, 9.17) is 75.8 Å². The minimum Gasteiger partial charge on any atom is -0.497 e. The van der Waals surface area contributed by atoms with Crippen LogP contribution in [-0.4, -0.2) is 272 Å². The Balaban J connectivity index is 1.14. The first kappa shape index (κ1) is 121. The average molecular weight is 2010 g/mol. The minimum atomic E-state index is -1.58. The van der Waals surface area contributed by atoms with Gasteiger partial charge in [-0.25, -0.2) is 0 Å². The Morgan fingerprint density at radius 2 is 0.713 bits per heavy atom. The fourth-order valence-corrected chi connectivity index (χ4v) is 18.1. The summed E-state index contributed by atoms with van der Waals surface area (Å²) in [7, 11) is 3.12. The summed E-state index contributed by atoms with van der Waals surface area (Å²) in [5, 5.41) is 11.7. The van der Waals surface area contributed by atoms with Crippen LogP contribution in [0.5, 0.6) is 11.5 Å². The van der Waals surface area contributed by atoms with Crippen LogP contribution in [0.2, 0.25) is 0 Å². The number of carbonyl (C=O) groups excluding carboxylic acids is 15. The van der Waals surface area contributed by atoms with Gasteiger partial charge in [-0.05, 0) is 119 Å². The van der Waals surface area contributed by atoms with Gasteiger partial charge in [-0.3, -0.25) is 67.1 Å². The largest absolute Gasteiger partial charge is 0.497 e. The van der Waals surface area contributed by atoms with Gasteiger partial charge in [0.1, 0.15) is 85.1 Å². The zero-order valence-electron chi connectivity index (χ0n) is 86.8. The Hall–Kier alpha value is -10.6. The first-order valence-corrected chi connectivity index (χ1v) is 51.0. The van der Waals surface area contributed by atoms with Gasteiger partial charge in [-0.1, -0.05) is 152 Å². The Bertz CT molecular complexity index is 4350. The SMILES string of the molecule is COc1ccc(C(OCC(OC(=O)CCC(C)=O)C(=O)N(CCCCN(CCCCC(=O)CCCCCCCCO[C@@H]2OC(COC(C)=O)[C@H](OC(C)=O)[C@H](C)C2NC(C)=O)C(=O)CCCCCCCCO[C@@H]2OC(COC(C)=O)[C@H](OC(C)=O)[C@H](C)C2NC(C)=O)CCCNC(=O)CCCCCCCCO[C@@H]2OC(COC(C)=O)[C@H](OC(C)=O)[C@H](C)C2NC(C)=O)(c2ccccc2)c2ccc(OC)cc2)cc1. The van der Waals surface area contributed by atoms with Gasteiger partial charge in [-0.2, -0.15) is 0 Å². The van der Waals surface area contributed by atoms with Crippen molar-refractivity contribution in [1.82, 2.24) is 31.1 Å². The van der Waals surface area contributed by atoms with Crippen LogP contribution in [-0.2, 0) is 144 Å². The summed E-state index contributed by atoms with van der Waals surface area (Å²) in [6, 6.07) is 22.0. The number of unbranched alkanes of at least 4 members (excludes halogenated alkanes) is 17. The first-order chi connectivity index (χ1) is 68.4. The van der Waals surface area contributed by atoms with Crippen molar-refractivity contribution in [3.8, 4) is 11.5 Å². The van der Waals surface area contributed by atoms with Crippen LogP contribution in [0.4, 0.5) is 0 Å². The molecule has 3 fully saturated rings. The molecule has 3 heterocycles. The van der Waals surface area contributed by atoms with Gasteiger partial charge < -0.3 is 112 Å². The van der Waals surface area contributed by atoms with Crippen molar-refractivity contribution in [3.05, 3.63) is 95.6 Å². The van der Waals surface area contributed by atoms with Gasteiger partial charge >= 0.3 is 41.8 Å². The average Bonchev–Trinajstić information content (AvgIpc) is 0.750. The van der Waals surface area contributed by atoms with E-state index in [2.05, 4.69) is 21.3 Å². The Morgan fingerprint density at radius 3 is 1.08 bits per heavy atom. The van der Waals surface area contributed by atoms with Crippen LogP contribution in [0.15, 0.2) is 78.9 Å². The predicted molar refractivity (Wildman–Crippen MR) is 525 cm³/mol. The van der Waals surface area contributed by atoms with Crippen molar-refractivity contribution in [2.45, 2.75) is 362 Å². The van der Waals surface area contributed by atoms with Crippen molar-refractivity contribution < 1.29 is 148 Å². The number of hydrogen-bond acceptors (Lipinski definition) is 31. The number of ether oxygens (including phenoxy) is 16. The summed E-state index contributed by atoms with van der Waals surface area (Å²) in [6.45, 7) is 19.4. The maximum atomic E-state index is 15.8. The summed E-state index contributed by atoms with van der Waals surface area (Å²) >= 11 is 0. The van der Waals surface area contributed by atoms with Gasteiger partial charge in [0, 0.05) is 165 Å². The van der Waals surface area contributed by atoms with Crippen molar-refractivity contribution in [2.75, 3.05) is 93.2 Å². The summed E-state index contributed by atoms with van der Waals surface area (Å²) in [5.41, 5.74) is 0.488. The highest BCUT2D eigenvalue weighted by atomic mass is 16.7. The number of methoxy groups -OCH3 is 2. The fourth-order valence-electron chi connectivity index (χ4n) is 18.1. The number of nitrogens with zero attached hydrogens (tertiary/aromatic N) is 2. The molecule has 16 atom stereocenters. The molecule has 0 saturated carbocycles. The maximum Gasteiger partial charge on any atom is 0.307 e. The summed E-state index contributed by atoms with van der Waals surface area (Å²) < 4.78 is 94.4. The highest BCUT2D eigenvalue weighted by molar-refractivity contribution is 5.86. The van der Waals surface area contributed by atoms with Gasteiger partial charge in [0.05, 0.1) is 45.4 Å².